The lowest BCUT2D eigenvalue weighted by Crippen LogP contribution is -2.13. The molecule has 0 aliphatic heterocycles. The molecular weight excluding hydrogens is 132 g/mol. The van der Waals surface area contributed by atoms with Gasteiger partial charge in [0.1, 0.15) is 0 Å². The van der Waals surface area contributed by atoms with Crippen LogP contribution < -0.4 is 0 Å². The second kappa shape index (κ2) is 2.84. The molecule has 0 saturated carbocycles. The third kappa shape index (κ3) is 2.21. The van der Waals surface area contributed by atoms with E-state index in [-0.39, 0.29) is 0 Å². The van der Waals surface area contributed by atoms with Gasteiger partial charge in [-0.1, -0.05) is 51.5 Å². The first kappa shape index (κ1) is 8.58. The van der Waals surface area contributed by atoms with Crippen LogP contribution in [-0.4, -0.2) is 0 Å². The van der Waals surface area contributed by atoms with Gasteiger partial charge >= 0.3 is 0 Å². The van der Waals surface area contributed by atoms with Crippen molar-refractivity contribution >= 4 is 0 Å². The van der Waals surface area contributed by atoms with Crippen LogP contribution in [0.5, 0.6) is 0 Å². The van der Waals surface area contributed by atoms with Crippen molar-refractivity contribution in [2.45, 2.75) is 34.1 Å². The Hall–Kier alpha value is -0.520. The summed E-state index contributed by atoms with van der Waals surface area (Å²) < 4.78 is 0. The molecule has 0 bridgehead atoms. The van der Waals surface area contributed by atoms with Crippen molar-refractivity contribution in [2.24, 2.45) is 11.3 Å². The monoisotopic (exact) mass is 150 g/mol. The van der Waals surface area contributed by atoms with Gasteiger partial charge in [-0.15, -0.1) is 0 Å². The zero-order valence-electron chi connectivity index (χ0n) is 8.02. The molecule has 11 heavy (non-hydrogen) atoms. The molecule has 1 aliphatic rings. The minimum Gasteiger partial charge on any atom is -0.0785 e. The highest BCUT2D eigenvalue weighted by Crippen LogP contribution is 2.33. The van der Waals surface area contributed by atoms with Crippen molar-refractivity contribution in [3.8, 4) is 0 Å². The first-order chi connectivity index (χ1) is 5.01. The molecular formula is C11H18. The highest BCUT2D eigenvalue weighted by molar-refractivity contribution is 5.23. The summed E-state index contributed by atoms with van der Waals surface area (Å²) in [4.78, 5) is 0. The summed E-state index contributed by atoms with van der Waals surface area (Å²) >= 11 is 0. The Morgan fingerprint density at radius 1 is 1.36 bits per heavy atom. The minimum atomic E-state index is 0.383. The third-order valence-corrected chi connectivity index (χ3v) is 2.26. The second-order valence-electron chi connectivity index (χ2n) is 4.42. The van der Waals surface area contributed by atoms with Gasteiger partial charge in [0.05, 0.1) is 0 Å². The fraction of sp³-hybridized carbons (Fsp3) is 0.636. The van der Waals surface area contributed by atoms with Crippen molar-refractivity contribution in [3.05, 3.63) is 23.8 Å². The second-order valence-corrected chi connectivity index (χ2v) is 4.42. The number of rotatable bonds is 1. The summed E-state index contributed by atoms with van der Waals surface area (Å²) in [5.74, 6) is 0.708. The highest BCUT2D eigenvalue weighted by Gasteiger charge is 2.19. The van der Waals surface area contributed by atoms with Gasteiger partial charge < -0.3 is 0 Å². The Balaban J connectivity index is 2.73. The SMILES string of the molecule is CC(C)C1=CC=CC(C)(C)C1. The summed E-state index contributed by atoms with van der Waals surface area (Å²) in [6.45, 7) is 9.11. The summed E-state index contributed by atoms with van der Waals surface area (Å²) in [6.07, 6.45) is 7.97. The molecule has 0 fully saturated rings. The Labute approximate surface area is 70.0 Å². The first-order valence-corrected chi connectivity index (χ1v) is 4.39. The standard InChI is InChI=1S/C11H18/c1-9(2)10-6-5-7-11(3,4)8-10/h5-7,9H,8H2,1-4H3. The number of allylic oxidation sites excluding steroid dienone is 4. The van der Waals surface area contributed by atoms with Crippen LogP contribution in [0, 0.1) is 11.3 Å². The predicted molar refractivity (Wildman–Crippen MR) is 50.5 cm³/mol. The Kier molecular flexibility index (Phi) is 2.22. The first-order valence-electron chi connectivity index (χ1n) is 4.39. The minimum absolute atomic E-state index is 0.383. The van der Waals surface area contributed by atoms with Gasteiger partial charge in [-0.2, -0.15) is 0 Å². The van der Waals surface area contributed by atoms with E-state index in [9.17, 15) is 0 Å². The molecule has 0 aromatic heterocycles. The summed E-state index contributed by atoms with van der Waals surface area (Å²) in [6, 6.07) is 0. The lowest BCUT2D eigenvalue weighted by Gasteiger charge is -2.26. The van der Waals surface area contributed by atoms with E-state index in [4.69, 9.17) is 0 Å². The van der Waals surface area contributed by atoms with E-state index in [1.807, 2.05) is 0 Å². The Morgan fingerprint density at radius 3 is 2.36 bits per heavy atom. The highest BCUT2D eigenvalue weighted by atomic mass is 14.2. The molecule has 0 atom stereocenters. The summed E-state index contributed by atoms with van der Waals surface area (Å²) in [7, 11) is 0. The maximum Gasteiger partial charge on any atom is -0.0134 e. The zero-order valence-corrected chi connectivity index (χ0v) is 8.02. The van der Waals surface area contributed by atoms with Crippen molar-refractivity contribution < 1.29 is 0 Å². The number of hydrogen-bond acceptors (Lipinski definition) is 0. The van der Waals surface area contributed by atoms with E-state index >= 15 is 0 Å². The van der Waals surface area contributed by atoms with Crippen LogP contribution in [-0.2, 0) is 0 Å². The van der Waals surface area contributed by atoms with E-state index in [2.05, 4.69) is 45.9 Å². The molecule has 0 saturated heterocycles. The average Bonchev–Trinajstić information content (AvgIpc) is 1.85. The predicted octanol–water partition coefficient (Wildman–Crippen LogP) is 3.55. The van der Waals surface area contributed by atoms with Crippen LogP contribution in [0.15, 0.2) is 23.8 Å². The molecule has 0 radical (unpaired) electrons. The lowest BCUT2D eigenvalue weighted by atomic mass is 9.79. The zero-order chi connectivity index (χ0) is 8.48. The van der Waals surface area contributed by atoms with Crippen LogP contribution in [0.1, 0.15) is 34.1 Å². The number of hydrogen-bond donors (Lipinski definition) is 0. The lowest BCUT2D eigenvalue weighted by molar-refractivity contribution is 0.447. The van der Waals surface area contributed by atoms with Crippen LogP contribution in [0.2, 0.25) is 0 Å². The molecule has 0 nitrogen and oxygen atoms in total. The van der Waals surface area contributed by atoms with Crippen molar-refractivity contribution in [2.75, 3.05) is 0 Å². The van der Waals surface area contributed by atoms with Crippen molar-refractivity contribution in [1.82, 2.24) is 0 Å². The van der Waals surface area contributed by atoms with E-state index in [1.165, 1.54) is 6.42 Å². The maximum absolute atomic E-state index is 2.29. The van der Waals surface area contributed by atoms with Crippen LogP contribution >= 0.6 is 0 Å². The molecule has 0 spiro atoms. The maximum atomic E-state index is 2.29. The topological polar surface area (TPSA) is 0 Å². The van der Waals surface area contributed by atoms with Gasteiger partial charge in [0, 0.05) is 0 Å². The van der Waals surface area contributed by atoms with E-state index in [0.29, 0.717) is 11.3 Å². The van der Waals surface area contributed by atoms with Crippen LogP contribution in [0.4, 0.5) is 0 Å². The van der Waals surface area contributed by atoms with Crippen molar-refractivity contribution in [1.29, 1.82) is 0 Å². The molecule has 0 aromatic carbocycles. The Morgan fingerprint density at radius 2 is 2.00 bits per heavy atom. The molecule has 62 valence electrons. The van der Waals surface area contributed by atoms with Gasteiger partial charge in [0.25, 0.3) is 0 Å². The largest absolute Gasteiger partial charge is 0.0785 e. The molecule has 1 rings (SSSR count). The Bertz CT molecular complexity index is 192. The fourth-order valence-corrected chi connectivity index (χ4v) is 1.47. The smallest absolute Gasteiger partial charge is 0.0134 e. The van der Waals surface area contributed by atoms with E-state index in [1.54, 1.807) is 5.57 Å². The normalized spacial score (nSPS) is 22.1. The van der Waals surface area contributed by atoms with Gasteiger partial charge in [0.2, 0.25) is 0 Å². The summed E-state index contributed by atoms with van der Waals surface area (Å²) in [5, 5.41) is 0. The molecule has 0 heterocycles. The molecule has 0 aromatic rings. The molecule has 0 heteroatoms. The molecule has 0 N–H and O–H groups in total. The van der Waals surface area contributed by atoms with Gasteiger partial charge in [-0.25, -0.2) is 0 Å². The quantitative estimate of drug-likeness (QED) is 0.536. The van der Waals surface area contributed by atoms with Gasteiger partial charge in [-0.05, 0) is 17.8 Å². The average molecular weight is 150 g/mol. The fourth-order valence-electron chi connectivity index (χ4n) is 1.47. The van der Waals surface area contributed by atoms with Crippen LogP contribution in [0.25, 0.3) is 0 Å². The molecule has 0 amide bonds. The summed E-state index contributed by atoms with van der Waals surface area (Å²) in [5.41, 5.74) is 1.96. The van der Waals surface area contributed by atoms with Gasteiger partial charge in [0.15, 0.2) is 0 Å². The van der Waals surface area contributed by atoms with Gasteiger partial charge in [-0.3, -0.25) is 0 Å². The third-order valence-electron chi connectivity index (χ3n) is 2.26. The van der Waals surface area contributed by atoms with Crippen molar-refractivity contribution in [3.63, 3.8) is 0 Å². The molecule has 0 unspecified atom stereocenters. The van der Waals surface area contributed by atoms with E-state index < -0.39 is 0 Å². The van der Waals surface area contributed by atoms with E-state index in [0.717, 1.165) is 0 Å². The molecule has 1 aliphatic carbocycles. The van der Waals surface area contributed by atoms with Crippen LogP contribution in [0.3, 0.4) is 0 Å².